The number of aromatic nitrogens is 1. The molecule has 3 rings (SSSR count). The van der Waals surface area contributed by atoms with Crippen LogP contribution in [0.2, 0.25) is 0 Å². The number of nitrogens with zero attached hydrogens (tertiary/aromatic N) is 3. The molecule has 0 atom stereocenters. The van der Waals surface area contributed by atoms with Crippen molar-refractivity contribution < 1.29 is 19.4 Å². The normalized spacial score (nSPS) is 13.0. The van der Waals surface area contributed by atoms with Gasteiger partial charge >= 0.3 is 0 Å². The molecule has 0 saturated carbocycles. The van der Waals surface area contributed by atoms with Gasteiger partial charge in [-0.3, -0.25) is 14.5 Å². The van der Waals surface area contributed by atoms with Gasteiger partial charge in [-0.1, -0.05) is 26.5 Å². The number of phenolic OH excluding ortho intramolecular Hbond substituents is 1. The predicted octanol–water partition coefficient (Wildman–Crippen LogP) is 3.57. The summed E-state index contributed by atoms with van der Waals surface area (Å²) in [6.45, 7) is 10.3. The van der Waals surface area contributed by atoms with E-state index < -0.39 is 0 Å². The van der Waals surface area contributed by atoms with E-state index in [1.807, 2.05) is 26.8 Å². The molecule has 1 aliphatic heterocycles. The van der Waals surface area contributed by atoms with Crippen LogP contribution in [0, 0.1) is 6.92 Å². The number of phenols is 1. The Morgan fingerprint density at radius 1 is 1.32 bits per heavy atom. The van der Waals surface area contributed by atoms with E-state index in [-0.39, 0.29) is 29.0 Å². The summed E-state index contributed by atoms with van der Waals surface area (Å²) in [5, 5.41) is 10.5. The molecule has 0 fully saturated rings. The minimum absolute atomic E-state index is 0.106. The largest absolute Gasteiger partial charge is 0.507 e. The number of aromatic hydroxyl groups is 1. The zero-order valence-corrected chi connectivity index (χ0v) is 18.7. The summed E-state index contributed by atoms with van der Waals surface area (Å²) < 4.78 is 5.36. The molecule has 0 spiro atoms. The van der Waals surface area contributed by atoms with Gasteiger partial charge in [0.05, 0.1) is 24.9 Å². The Balaban J connectivity index is 1.93. The maximum Gasteiger partial charge on any atom is 0.257 e. The number of benzene rings is 1. The molecular weight excluding hydrogens is 394 g/mol. The van der Waals surface area contributed by atoms with Crippen LogP contribution in [-0.4, -0.2) is 47.5 Å². The first kappa shape index (κ1) is 22.3. The summed E-state index contributed by atoms with van der Waals surface area (Å²) in [5.74, 6) is 0.633. The molecule has 0 bridgehead atoms. The Kier molecular flexibility index (Phi) is 6.34. The van der Waals surface area contributed by atoms with Gasteiger partial charge in [-0.2, -0.15) is 0 Å². The van der Waals surface area contributed by atoms with E-state index in [0.717, 1.165) is 22.4 Å². The summed E-state index contributed by atoms with van der Waals surface area (Å²) in [4.78, 5) is 33.1. The summed E-state index contributed by atoms with van der Waals surface area (Å²) in [7, 11) is 3.20. The summed E-state index contributed by atoms with van der Waals surface area (Å²) in [5.41, 5.74) is 3.82. The molecule has 0 radical (unpaired) electrons. The highest BCUT2D eigenvalue weighted by Gasteiger charge is 2.27. The zero-order chi connectivity index (χ0) is 22.9. The first-order valence-corrected chi connectivity index (χ1v) is 10.3. The van der Waals surface area contributed by atoms with Crippen LogP contribution >= 0.6 is 0 Å². The van der Waals surface area contributed by atoms with Gasteiger partial charge in [-0.25, -0.2) is 4.98 Å². The molecule has 1 aromatic heterocycles. The van der Waals surface area contributed by atoms with E-state index in [2.05, 4.69) is 11.6 Å². The molecule has 2 amide bonds. The van der Waals surface area contributed by atoms with Crippen molar-refractivity contribution in [2.75, 3.05) is 25.6 Å². The number of fused-ring (bicyclic) bond motifs is 1. The molecule has 0 saturated heterocycles. The lowest BCUT2D eigenvalue weighted by Crippen LogP contribution is -2.37. The topological polar surface area (TPSA) is 83.0 Å². The number of hydrogen-bond donors (Lipinski definition) is 1. The van der Waals surface area contributed by atoms with Crippen LogP contribution in [0.4, 0.5) is 5.82 Å². The van der Waals surface area contributed by atoms with Crippen molar-refractivity contribution in [3.63, 3.8) is 0 Å². The van der Waals surface area contributed by atoms with Crippen molar-refractivity contribution >= 4 is 17.6 Å². The number of carbonyl (C=O) groups excluding carboxylic acids is 2. The SMILES string of the molecule is C=CC(=O)N(C)c1nc2c(cc1C)CCN(C(=O)c1cc(C(C)C)c(OC)cc1O)C2. The van der Waals surface area contributed by atoms with E-state index >= 15 is 0 Å². The van der Waals surface area contributed by atoms with Crippen LogP contribution in [0.5, 0.6) is 11.5 Å². The van der Waals surface area contributed by atoms with Gasteiger partial charge in [-0.05, 0) is 48.1 Å². The maximum absolute atomic E-state index is 13.3. The van der Waals surface area contributed by atoms with Crippen molar-refractivity contribution in [2.24, 2.45) is 0 Å². The van der Waals surface area contributed by atoms with Crippen LogP contribution in [0.3, 0.4) is 0 Å². The fourth-order valence-electron chi connectivity index (χ4n) is 3.88. The first-order chi connectivity index (χ1) is 14.7. The second-order valence-electron chi connectivity index (χ2n) is 8.08. The lowest BCUT2D eigenvalue weighted by atomic mass is 9.97. The highest BCUT2D eigenvalue weighted by molar-refractivity contribution is 6.00. The van der Waals surface area contributed by atoms with Gasteiger partial charge in [0.2, 0.25) is 0 Å². The molecule has 164 valence electrons. The van der Waals surface area contributed by atoms with Crippen molar-refractivity contribution in [1.29, 1.82) is 0 Å². The number of aryl methyl sites for hydroxylation is 1. The van der Waals surface area contributed by atoms with Gasteiger partial charge in [-0.15, -0.1) is 0 Å². The van der Waals surface area contributed by atoms with Crippen molar-refractivity contribution in [1.82, 2.24) is 9.88 Å². The standard InChI is InChI=1S/C24H29N3O4/c1-7-22(29)26(5)23-15(4)10-16-8-9-27(13-19(16)25-23)24(30)18-11-17(14(2)3)21(31-6)12-20(18)28/h7,10-12,14,28H,1,8-9,13H2,2-6H3. The molecule has 1 N–H and O–H groups in total. The van der Waals surface area contributed by atoms with E-state index in [0.29, 0.717) is 31.1 Å². The monoisotopic (exact) mass is 423 g/mol. The minimum Gasteiger partial charge on any atom is -0.507 e. The fourth-order valence-corrected chi connectivity index (χ4v) is 3.88. The third-order valence-electron chi connectivity index (χ3n) is 5.66. The molecule has 1 aliphatic rings. The number of methoxy groups -OCH3 is 1. The van der Waals surface area contributed by atoms with Crippen LogP contribution in [-0.2, 0) is 17.8 Å². The molecule has 2 aromatic rings. The lowest BCUT2D eigenvalue weighted by molar-refractivity contribution is -0.113. The van der Waals surface area contributed by atoms with Crippen LogP contribution < -0.4 is 9.64 Å². The molecule has 7 heteroatoms. The highest BCUT2D eigenvalue weighted by atomic mass is 16.5. The van der Waals surface area contributed by atoms with E-state index in [1.54, 1.807) is 25.1 Å². The second kappa shape index (κ2) is 8.79. The number of amides is 2. The maximum atomic E-state index is 13.3. The average Bonchev–Trinajstić information content (AvgIpc) is 2.76. The summed E-state index contributed by atoms with van der Waals surface area (Å²) in [6.07, 6.45) is 1.90. The van der Waals surface area contributed by atoms with Gasteiger partial charge in [0.25, 0.3) is 11.8 Å². The van der Waals surface area contributed by atoms with Crippen LogP contribution in [0.1, 0.15) is 52.5 Å². The van der Waals surface area contributed by atoms with E-state index in [1.165, 1.54) is 17.0 Å². The molecule has 0 aliphatic carbocycles. The van der Waals surface area contributed by atoms with Gasteiger partial charge in [0, 0.05) is 19.7 Å². The number of anilines is 1. The second-order valence-corrected chi connectivity index (χ2v) is 8.08. The van der Waals surface area contributed by atoms with Gasteiger partial charge in [0.1, 0.15) is 17.3 Å². The Morgan fingerprint density at radius 2 is 2.03 bits per heavy atom. The van der Waals surface area contributed by atoms with Crippen LogP contribution in [0.15, 0.2) is 30.9 Å². The fraction of sp³-hybridized carbons (Fsp3) is 0.375. The van der Waals surface area contributed by atoms with E-state index in [4.69, 9.17) is 4.74 Å². The van der Waals surface area contributed by atoms with Crippen molar-refractivity contribution in [2.45, 2.75) is 39.7 Å². The van der Waals surface area contributed by atoms with E-state index in [9.17, 15) is 14.7 Å². The quantitative estimate of drug-likeness (QED) is 0.744. The van der Waals surface area contributed by atoms with Gasteiger partial charge < -0.3 is 14.7 Å². The third kappa shape index (κ3) is 4.26. The third-order valence-corrected chi connectivity index (χ3v) is 5.66. The number of pyridine rings is 1. The number of hydrogen-bond acceptors (Lipinski definition) is 5. The minimum atomic E-state index is -0.257. The molecule has 2 heterocycles. The van der Waals surface area contributed by atoms with Crippen LogP contribution in [0.25, 0.3) is 0 Å². The molecule has 31 heavy (non-hydrogen) atoms. The summed E-state index contributed by atoms with van der Waals surface area (Å²) >= 11 is 0. The van der Waals surface area contributed by atoms with Crippen molar-refractivity contribution in [3.8, 4) is 11.5 Å². The summed E-state index contributed by atoms with van der Waals surface area (Å²) in [6, 6.07) is 5.23. The predicted molar refractivity (Wildman–Crippen MR) is 120 cm³/mol. The number of carbonyl (C=O) groups is 2. The zero-order valence-electron chi connectivity index (χ0n) is 18.7. The number of ether oxygens (including phenoxy) is 1. The Morgan fingerprint density at radius 3 is 2.65 bits per heavy atom. The molecule has 7 nitrogen and oxygen atoms in total. The average molecular weight is 424 g/mol. The Labute approximate surface area is 183 Å². The molecule has 0 unspecified atom stereocenters. The lowest BCUT2D eigenvalue weighted by Gasteiger charge is -2.30. The molecular formula is C24H29N3O4. The smallest absolute Gasteiger partial charge is 0.257 e. The van der Waals surface area contributed by atoms with Gasteiger partial charge in [0.15, 0.2) is 0 Å². The number of rotatable bonds is 5. The van der Waals surface area contributed by atoms with Crippen molar-refractivity contribution in [3.05, 3.63) is 58.8 Å². The Hall–Kier alpha value is -3.35. The first-order valence-electron chi connectivity index (χ1n) is 10.3. The highest BCUT2D eigenvalue weighted by Crippen LogP contribution is 2.34. The molecule has 1 aromatic carbocycles. The Bertz CT molecular complexity index is 1050. The number of likely N-dealkylation sites (N-methyl/N-ethyl adjacent to an activating group) is 1.